The molecule has 1 fully saturated rings. The van der Waals surface area contributed by atoms with Crippen LogP contribution in [0, 0.1) is 0 Å². The maximum Gasteiger partial charge on any atom is 0.265 e. The van der Waals surface area contributed by atoms with E-state index in [9.17, 15) is 8.42 Å². The van der Waals surface area contributed by atoms with Gasteiger partial charge in [-0.25, -0.2) is 8.42 Å². The highest BCUT2D eigenvalue weighted by atomic mass is 32.2. The number of aryl methyl sites for hydroxylation is 1. The van der Waals surface area contributed by atoms with Crippen molar-refractivity contribution in [1.82, 2.24) is 14.8 Å². The fraction of sp³-hybridized carbons (Fsp3) is 0.312. The van der Waals surface area contributed by atoms with Crippen molar-refractivity contribution < 1.29 is 8.42 Å². The van der Waals surface area contributed by atoms with Gasteiger partial charge in [0.2, 0.25) is 0 Å². The van der Waals surface area contributed by atoms with Gasteiger partial charge in [0, 0.05) is 30.2 Å². The number of hydrogen-bond acceptors (Lipinski definition) is 3. The number of rotatable bonds is 5. The van der Waals surface area contributed by atoms with Gasteiger partial charge < -0.3 is 4.98 Å². The van der Waals surface area contributed by atoms with Crippen molar-refractivity contribution in [1.29, 1.82) is 0 Å². The Kier molecular flexibility index (Phi) is 3.19. The number of para-hydroxylation sites is 1. The summed E-state index contributed by atoms with van der Waals surface area (Å²) in [7, 11) is -3.66. The Morgan fingerprint density at radius 3 is 2.91 bits per heavy atom. The summed E-state index contributed by atoms with van der Waals surface area (Å²) in [4.78, 5) is 3.38. The minimum Gasteiger partial charge on any atom is -0.359 e. The van der Waals surface area contributed by atoms with E-state index in [0.717, 1.165) is 23.7 Å². The summed E-state index contributed by atoms with van der Waals surface area (Å²) in [5, 5.41) is 5.41. The third-order valence-corrected chi connectivity index (χ3v) is 5.55. The Labute approximate surface area is 134 Å². The number of aromatic nitrogens is 3. The highest BCUT2D eigenvalue weighted by molar-refractivity contribution is 7.92. The van der Waals surface area contributed by atoms with E-state index in [2.05, 4.69) is 14.8 Å². The molecule has 0 saturated heterocycles. The van der Waals surface area contributed by atoms with Crippen molar-refractivity contribution in [3.63, 3.8) is 0 Å². The lowest BCUT2D eigenvalue weighted by molar-refractivity contribution is 0.600. The van der Waals surface area contributed by atoms with Crippen LogP contribution in [0.25, 0.3) is 10.9 Å². The van der Waals surface area contributed by atoms with Gasteiger partial charge in [0.05, 0.1) is 16.9 Å². The summed E-state index contributed by atoms with van der Waals surface area (Å²) in [5.74, 6) is 0.274. The molecule has 1 aliphatic rings. The number of sulfonamides is 1. The fourth-order valence-corrected chi connectivity index (χ4v) is 4.11. The molecule has 2 heterocycles. The average Bonchev–Trinajstić information content (AvgIpc) is 3.10. The van der Waals surface area contributed by atoms with E-state index in [0.29, 0.717) is 22.8 Å². The molecule has 120 valence electrons. The van der Waals surface area contributed by atoms with Crippen molar-refractivity contribution in [3.8, 4) is 0 Å². The molecule has 0 radical (unpaired) electrons. The van der Waals surface area contributed by atoms with Crippen molar-refractivity contribution in [2.75, 3.05) is 4.72 Å². The molecule has 1 aliphatic carbocycles. The van der Waals surface area contributed by atoms with Crippen molar-refractivity contribution in [3.05, 3.63) is 42.4 Å². The standard InChI is InChI=1S/C16H18N4O2S/c1-2-20-10-14(16(18-20)12-6-7-12)23(21,22)19-13-5-3-4-11-8-9-17-15(11)13/h3-5,8-10,12,17,19H,2,6-7H2,1H3. The third-order valence-electron chi connectivity index (χ3n) is 4.16. The highest BCUT2D eigenvalue weighted by Crippen LogP contribution is 2.42. The van der Waals surface area contributed by atoms with Gasteiger partial charge in [0.25, 0.3) is 10.0 Å². The van der Waals surface area contributed by atoms with E-state index in [-0.39, 0.29) is 5.92 Å². The lowest BCUT2D eigenvalue weighted by Crippen LogP contribution is -2.14. The smallest absolute Gasteiger partial charge is 0.265 e. The quantitative estimate of drug-likeness (QED) is 0.754. The second kappa shape index (κ2) is 5.13. The molecule has 7 heteroatoms. The topological polar surface area (TPSA) is 79.8 Å². The zero-order valence-corrected chi connectivity index (χ0v) is 13.6. The minimum atomic E-state index is -3.66. The van der Waals surface area contributed by atoms with Crippen molar-refractivity contribution in [2.24, 2.45) is 0 Å². The van der Waals surface area contributed by atoms with Gasteiger partial charge in [-0.15, -0.1) is 0 Å². The Morgan fingerprint density at radius 2 is 2.17 bits per heavy atom. The largest absolute Gasteiger partial charge is 0.359 e. The van der Waals surface area contributed by atoms with Gasteiger partial charge in [-0.3, -0.25) is 9.40 Å². The first kappa shape index (κ1) is 14.3. The summed E-state index contributed by atoms with van der Waals surface area (Å²) in [6.45, 7) is 2.61. The van der Waals surface area contributed by atoms with Crippen LogP contribution in [-0.2, 0) is 16.6 Å². The van der Waals surface area contributed by atoms with E-state index in [1.165, 1.54) is 0 Å². The van der Waals surface area contributed by atoms with Gasteiger partial charge in [-0.2, -0.15) is 5.10 Å². The minimum absolute atomic E-state index is 0.274. The summed E-state index contributed by atoms with van der Waals surface area (Å²) in [6, 6.07) is 7.45. The van der Waals surface area contributed by atoms with Gasteiger partial charge in [0.15, 0.2) is 0 Å². The number of aromatic amines is 1. The molecule has 0 atom stereocenters. The van der Waals surface area contributed by atoms with E-state index in [1.54, 1.807) is 23.1 Å². The van der Waals surface area contributed by atoms with Crippen LogP contribution >= 0.6 is 0 Å². The molecule has 0 bridgehead atoms. The van der Waals surface area contributed by atoms with Crippen LogP contribution in [0.15, 0.2) is 41.6 Å². The first-order valence-electron chi connectivity index (χ1n) is 7.75. The van der Waals surface area contributed by atoms with Gasteiger partial charge in [-0.1, -0.05) is 12.1 Å². The number of nitrogens with one attached hydrogen (secondary N) is 2. The Hall–Kier alpha value is -2.28. The molecule has 0 amide bonds. The van der Waals surface area contributed by atoms with Gasteiger partial charge in [-0.05, 0) is 31.9 Å². The van der Waals surface area contributed by atoms with Crippen LogP contribution < -0.4 is 4.72 Å². The van der Waals surface area contributed by atoms with Crippen LogP contribution in [0.2, 0.25) is 0 Å². The van der Waals surface area contributed by atoms with E-state index >= 15 is 0 Å². The second-order valence-electron chi connectivity index (χ2n) is 5.86. The number of benzene rings is 1. The molecule has 23 heavy (non-hydrogen) atoms. The maximum absolute atomic E-state index is 12.9. The summed E-state index contributed by atoms with van der Waals surface area (Å²) < 4.78 is 30.1. The van der Waals surface area contributed by atoms with Crippen LogP contribution in [0.1, 0.15) is 31.4 Å². The zero-order chi connectivity index (χ0) is 16.0. The predicted molar refractivity (Wildman–Crippen MR) is 89.0 cm³/mol. The third kappa shape index (κ3) is 2.50. The molecule has 2 aromatic heterocycles. The predicted octanol–water partition coefficient (Wildman–Crippen LogP) is 3.06. The highest BCUT2D eigenvalue weighted by Gasteiger charge is 2.34. The average molecular weight is 330 g/mol. The van der Waals surface area contributed by atoms with Crippen LogP contribution in [0.4, 0.5) is 5.69 Å². The number of hydrogen-bond donors (Lipinski definition) is 2. The Morgan fingerprint density at radius 1 is 1.35 bits per heavy atom. The summed E-state index contributed by atoms with van der Waals surface area (Å²) >= 11 is 0. The first-order chi connectivity index (χ1) is 11.1. The molecule has 6 nitrogen and oxygen atoms in total. The first-order valence-corrected chi connectivity index (χ1v) is 9.23. The number of fused-ring (bicyclic) bond motifs is 1. The van der Waals surface area contributed by atoms with Crippen molar-refractivity contribution >= 4 is 26.6 Å². The van der Waals surface area contributed by atoms with E-state index in [4.69, 9.17) is 0 Å². The normalized spacial score (nSPS) is 15.2. The number of nitrogens with zero attached hydrogens (tertiary/aromatic N) is 2. The maximum atomic E-state index is 12.9. The molecule has 2 N–H and O–H groups in total. The molecule has 3 aromatic rings. The Balaban J connectivity index is 1.76. The zero-order valence-electron chi connectivity index (χ0n) is 12.8. The summed E-state index contributed by atoms with van der Waals surface area (Å²) in [6.07, 6.45) is 5.45. The van der Waals surface area contributed by atoms with Crippen molar-refractivity contribution in [2.45, 2.75) is 37.1 Å². The molecule has 1 aromatic carbocycles. The Bertz CT molecular complexity index is 967. The summed E-state index contributed by atoms with van der Waals surface area (Å²) in [5.41, 5.74) is 2.03. The molecule has 0 spiro atoms. The number of anilines is 1. The lowest BCUT2D eigenvalue weighted by atomic mass is 10.2. The van der Waals surface area contributed by atoms with Gasteiger partial charge >= 0.3 is 0 Å². The molecule has 0 unspecified atom stereocenters. The van der Waals surface area contributed by atoms with Crippen LogP contribution in [0.5, 0.6) is 0 Å². The lowest BCUT2D eigenvalue weighted by Gasteiger charge is -2.09. The van der Waals surface area contributed by atoms with E-state index in [1.807, 2.05) is 25.1 Å². The SMILES string of the molecule is CCn1cc(S(=O)(=O)Nc2cccc3cc[nH]c23)c(C2CC2)n1. The van der Waals surface area contributed by atoms with Crippen LogP contribution in [-0.4, -0.2) is 23.2 Å². The molecule has 0 aliphatic heterocycles. The second-order valence-corrected chi connectivity index (χ2v) is 7.51. The van der Waals surface area contributed by atoms with Crippen LogP contribution in [0.3, 0.4) is 0 Å². The molecular weight excluding hydrogens is 312 g/mol. The monoisotopic (exact) mass is 330 g/mol. The van der Waals surface area contributed by atoms with Gasteiger partial charge in [0.1, 0.15) is 4.90 Å². The molecule has 1 saturated carbocycles. The molecule has 4 rings (SSSR count). The number of H-pyrrole nitrogens is 1. The molecular formula is C16H18N4O2S. The fourth-order valence-electron chi connectivity index (χ4n) is 2.80. The van der Waals surface area contributed by atoms with E-state index < -0.39 is 10.0 Å².